The van der Waals surface area contributed by atoms with Gasteiger partial charge in [-0.1, -0.05) is 0 Å². The van der Waals surface area contributed by atoms with Crippen molar-refractivity contribution in [1.29, 1.82) is 0 Å². The zero-order valence-corrected chi connectivity index (χ0v) is 6.05. The minimum absolute atomic E-state index is 0.248. The van der Waals surface area contributed by atoms with Crippen LogP contribution >= 0.6 is 0 Å². The largest absolute Gasteiger partial charge is 0.390 e. The lowest BCUT2D eigenvalue weighted by Gasteiger charge is -2.25. The summed E-state index contributed by atoms with van der Waals surface area (Å²) in [7, 11) is 1.66. The van der Waals surface area contributed by atoms with Gasteiger partial charge in [-0.25, -0.2) is 0 Å². The van der Waals surface area contributed by atoms with Crippen LogP contribution in [0.3, 0.4) is 0 Å². The maximum Gasteiger partial charge on any atom is 0.0908 e. The quantitative estimate of drug-likeness (QED) is 0.572. The highest BCUT2D eigenvalue weighted by Gasteiger charge is 2.37. The highest BCUT2D eigenvalue weighted by molar-refractivity contribution is 4.89. The first-order chi connectivity index (χ1) is 4.19. The van der Waals surface area contributed by atoms with Crippen LogP contribution in [0.2, 0.25) is 0 Å². The first-order valence-corrected chi connectivity index (χ1v) is 3.42. The molecule has 2 atom stereocenters. The fraction of sp³-hybridized carbons (Fsp3) is 1.00. The highest BCUT2D eigenvalue weighted by Crippen LogP contribution is 2.31. The lowest BCUT2D eigenvalue weighted by molar-refractivity contribution is -0.0697. The van der Waals surface area contributed by atoms with E-state index in [2.05, 4.69) is 0 Å². The highest BCUT2D eigenvalue weighted by atomic mass is 16.5. The maximum atomic E-state index is 9.32. The summed E-state index contributed by atoms with van der Waals surface area (Å²) in [6.45, 7) is 1.96. The van der Waals surface area contributed by atoms with Crippen LogP contribution < -0.4 is 0 Å². The maximum absolute atomic E-state index is 9.32. The van der Waals surface area contributed by atoms with Crippen molar-refractivity contribution in [3.63, 3.8) is 0 Å². The molecule has 0 spiro atoms. The van der Waals surface area contributed by atoms with Crippen LogP contribution in [-0.4, -0.2) is 23.9 Å². The Labute approximate surface area is 55.8 Å². The summed E-state index contributed by atoms with van der Waals surface area (Å²) in [6, 6.07) is 0. The van der Waals surface area contributed by atoms with Gasteiger partial charge in [0.15, 0.2) is 0 Å². The third kappa shape index (κ3) is 1.10. The molecule has 1 rings (SSSR count). The molecule has 0 aliphatic heterocycles. The molecule has 1 N–H and O–H groups in total. The van der Waals surface area contributed by atoms with Crippen molar-refractivity contribution in [3.8, 4) is 0 Å². The molecule has 2 nitrogen and oxygen atoms in total. The average Bonchev–Trinajstić information content (AvgIpc) is 2.15. The van der Waals surface area contributed by atoms with E-state index in [-0.39, 0.29) is 11.7 Å². The van der Waals surface area contributed by atoms with Crippen molar-refractivity contribution >= 4 is 0 Å². The van der Waals surface area contributed by atoms with E-state index in [0.29, 0.717) is 0 Å². The first-order valence-electron chi connectivity index (χ1n) is 3.42. The summed E-state index contributed by atoms with van der Waals surface area (Å²) in [5.41, 5.74) is -0.250. The van der Waals surface area contributed by atoms with Crippen LogP contribution in [-0.2, 0) is 4.74 Å². The zero-order chi connectivity index (χ0) is 6.91. The summed E-state index contributed by atoms with van der Waals surface area (Å²) in [4.78, 5) is 0. The Morgan fingerprint density at radius 2 is 2.33 bits per heavy atom. The molecular formula is C7H14O2. The molecule has 0 heterocycles. The van der Waals surface area contributed by atoms with Gasteiger partial charge in [0.25, 0.3) is 0 Å². The molecule has 0 aromatic carbocycles. The van der Waals surface area contributed by atoms with E-state index >= 15 is 0 Å². The van der Waals surface area contributed by atoms with Crippen LogP contribution in [0.15, 0.2) is 0 Å². The molecule has 0 amide bonds. The molecule has 1 fully saturated rings. The SMILES string of the molecule is COC1(C)CCCC1O. The Hall–Kier alpha value is -0.0800. The number of ether oxygens (including phenoxy) is 1. The smallest absolute Gasteiger partial charge is 0.0908 e. The topological polar surface area (TPSA) is 29.5 Å². The molecule has 0 aromatic rings. The summed E-state index contributed by atoms with van der Waals surface area (Å²) in [6.07, 6.45) is 2.73. The van der Waals surface area contributed by atoms with Crippen molar-refractivity contribution in [2.45, 2.75) is 37.9 Å². The van der Waals surface area contributed by atoms with Gasteiger partial charge >= 0.3 is 0 Å². The van der Waals surface area contributed by atoms with Gasteiger partial charge in [0.05, 0.1) is 11.7 Å². The van der Waals surface area contributed by atoms with Crippen molar-refractivity contribution in [2.24, 2.45) is 0 Å². The molecular weight excluding hydrogens is 116 g/mol. The first kappa shape index (κ1) is 7.03. The van der Waals surface area contributed by atoms with Crippen LogP contribution in [0.4, 0.5) is 0 Å². The van der Waals surface area contributed by atoms with Gasteiger partial charge in [-0.15, -0.1) is 0 Å². The minimum Gasteiger partial charge on any atom is -0.390 e. The van der Waals surface area contributed by atoms with Crippen molar-refractivity contribution in [2.75, 3.05) is 7.11 Å². The van der Waals surface area contributed by atoms with Gasteiger partial charge in [-0.05, 0) is 26.2 Å². The molecule has 54 valence electrons. The van der Waals surface area contributed by atoms with E-state index in [1.807, 2.05) is 6.92 Å². The molecule has 9 heavy (non-hydrogen) atoms. The van der Waals surface area contributed by atoms with Gasteiger partial charge in [0, 0.05) is 7.11 Å². The second kappa shape index (κ2) is 2.27. The molecule has 1 saturated carbocycles. The van der Waals surface area contributed by atoms with Gasteiger partial charge in [-0.2, -0.15) is 0 Å². The van der Waals surface area contributed by atoms with Crippen LogP contribution in [0.1, 0.15) is 26.2 Å². The van der Waals surface area contributed by atoms with Crippen molar-refractivity contribution in [3.05, 3.63) is 0 Å². The van der Waals surface area contributed by atoms with E-state index in [9.17, 15) is 5.11 Å². The Kier molecular flexibility index (Phi) is 1.78. The third-order valence-electron chi connectivity index (χ3n) is 2.32. The molecule has 0 radical (unpaired) electrons. The normalized spacial score (nSPS) is 43.7. The summed E-state index contributed by atoms with van der Waals surface area (Å²) in [5, 5.41) is 9.32. The summed E-state index contributed by atoms with van der Waals surface area (Å²) in [5.74, 6) is 0. The zero-order valence-electron chi connectivity index (χ0n) is 6.05. The van der Waals surface area contributed by atoms with E-state index in [1.54, 1.807) is 7.11 Å². The van der Waals surface area contributed by atoms with E-state index < -0.39 is 0 Å². The Morgan fingerprint density at radius 1 is 1.67 bits per heavy atom. The van der Waals surface area contributed by atoms with E-state index in [1.165, 1.54) is 0 Å². The predicted octanol–water partition coefficient (Wildman–Crippen LogP) is 0.936. The minimum atomic E-state index is -0.250. The van der Waals surface area contributed by atoms with Gasteiger partial charge in [-0.3, -0.25) is 0 Å². The van der Waals surface area contributed by atoms with Crippen molar-refractivity contribution < 1.29 is 9.84 Å². The van der Waals surface area contributed by atoms with Gasteiger partial charge in [0.1, 0.15) is 0 Å². The van der Waals surface area contributed by atoms with Gasteiger partial charge in [0.2, 0.25) is 0 Å². The molecule has 1 aliphatic rings. The molecule has 0 aromatic heterocycles. The second-order valence-corrected chi connectivity index (χ2v) is 2.92. The number of hydrogen-bond donors (Lipinski definition) is 1. The van der Waals surface area contributed by atoms with Crippen LogP contribution in [0.5, 0.6) is 0 Å². The average molecular weight is 130 g/mol. The summed E-state index contributed by atoms with van der Waals surface area (Å²) >= 11 is 0. The fourth-order valence-corrected chi connectivity index (χ4v) is 1.36. The lowest BCUT2D eigenvalue weighted by atomic mass is 10.0. The number of aliphatic hydroxyl groups is 1. The molecule has 1 aliphatic carbocycles. The monoisotopic (exact) mass is 130 g/mol. The third-order valence-corrected chi connectivity index (χ3v) is 2.32. The Balaban J connectivity index is 2.56. The molecule has 0 saturated heterocycles. The molecule has 2 heteroatoms. The second-order valence-electron chi connectivity index (χ2n) is 2.92. The predicted molar refractivity (Wildman–Crippen MR) is 35.3 cm³/mol. The number of hydrogen-bond acceptors (Lipinski definition) is 2. The van der Waals surface area contributed by atoms with Crippen molar-refractivity contribution in [1.82, 2.24) is 0 Å². The van der Waals surface area contributed by atoms with E-state index in [4.69, 9.17) is 4.74 Å². The number of aliphatic hydroxyl groups excluding tert-OH is 1. The van der Waals surface area contributed by atoms with Crippen LogP contribution in [0.25, 0.3) is 0 Å². The Morgan fingerprint density at radius 3 is 2.56 bits per heavy atom. The number of methoxy groups -OCH3 is 1. The molecule has 2 unspecified atom stereocenters. The van der Waals surface area contributed by atoms with Gasteiger partial charge < -0.3 is 9.84 Å². The summed E-state index contributed by atoms with van der Waals surface area (Å²) < 4.78 is 5.16. The molecule has 0 bridgehead atoms. The number of rotatable bonds is 1. The standard InChI is InChI=1S/C7H14O2/c1-7(9-2)5-3-4-6(7)8/h6,8H,3-5H2,1-2H3. The lowest BCUT2D eigenvalue weighted by Crippen LogP contribution is -2.35. The Bertz CT molecular complexity index is 103. The fourth-order valence-electron chi connectivity index (χ4n) is 1.36. The van der Waals surface area contributed by atoms with E-state index in [0.717, 1.165) is 19.3 Å². The van der Waals surface area contributed by atoms with Crippen LogP contribution in [0, 0.1) is 0 Å².